The van der Waals surface area contributed by atoms with Gasteiger partial charge in [0.25, 0.3) is 11.8 Å². The van der Waals surface area contributed by atoms with Gasteiger partial charge >= 0.3 is 18.1 Å². The number of fused-ring (bicyclic) bond motifs is 1. The third-order valence-electron chi connectivity index (χ3n) is 5.43. The molecule has 1 heterocycles. The molecule has 2 amide bonds. The third kappa shape index (κ3) is 5.06. The second-order valence-corrected chi connectivity index (χ2v) is 9.10. The summed E-state index contributed by atoms with van der Waals surface area (Å²) in [5.41, 5.74) is -4.22. The van der Waals surface area contributed by atoms with Crippen molar-refractivity contribution in [2.24, 2.45) is 0 Å². The van der Waals surface area contributed by atoms with Crippen molar-refractivity contribution in [3.8, 4) is 0 Å². The first-order chi connectivity index (χ1) is 16.2. The van der Waals surface area contributed by atoms with Gasteiger partial charge in [0.1, 0.15) is 5.60 Å². The van der Waals surface area contributed by atoms with Gasteiger partial charge in [-0.15, -0.1) is 0 Å². The lowest BCUT2D eigenvalue weighted by atomic mass is 9.71. The maximum absolute atomic E-state index is 13.8. The summed E-state index contributed by atoms with van der Waals surface area (Å²) < 4.78 is 49.8. The van der Waals surface area contributed by atoms with Crippen LogP contribution in [-0.4, -0.2) is 41.4 Å². The number of carbonyl (C=O) groups excluding carboxylic acids is 4. The molecular weight excluding hydrogens is 467 g/mol. The number of rotatable bonds is 5. The lowest BCUT2D eigenvalue weighted by molar-refractivity contribution is -0.167. The van der Waals surface area contributed by atoms with Crippen LogP contribution in [-0.2, 0) is 42.0 Å². The first-order valence-electron chi connectivity index (χ1n) is 10.6. The van der Waals surface area contributed by atoms with Gasteiger partial charge in [0.2, 0.25) is 0 Å². The smallest absolute Gasteiger partial charge is 0.416 e. The van der Waals surface area contributed by atoms with E-state index in [1.807, 2.05) is 0 Å². The Bertz CT molecular complexity index is 1180. The monoisotopic (exact) mass is 491 g/mol. The zero-order valence-electron chi connectivity index (χ0n) is 19.6. The van der Waals surface area contributed by atoms with Gasteiger partial charge in [0.15, 0.2) is 5.41 Å². The van der Waals surface area contributed by atoms with Crippen molar-refractivity contribution in [3.05, 3.63) is 70.8 Å². The highest BCUT2D eigenvalue weighted by Gasteiger charge is 2.58. The van der Waals surface area contributed by atoms with Crippen molar-refractivity contribution in [2.45, 2.75) is 50.9 Å². The topological polar surface area (TPSA) is 90.0 Å². The number of carbonyl (C=O) groups is 4. The Morgan fingerprint density at radius 3 is 2.26 bits per heavy atom. The molecule has 2 aromatic carbocycles. The quantitative estimate of drug-likeness (QED) is 0.357. The molecule has 0 N–H and O–H groups in total. The number of esters is 2. The van der Waals surface area contributed by atoms with Gasteiger partial charge in [-0.25, -0.2) is 0 Å². The number of hydrogen-bond donors (Lipinski definition) is 0. The average molecular weight is 491 g/mol. The molecule has 0 aromatic heterocycles. The minimum atomic E-state index is -4.63. The summed E-state index contributed by atoms with van der Waals surface area (Å²) in [6.07, 6.45) is -5.40. The number of methoxy groups -OCH3 is 1. The van der Waals surface area contributed by atoms with Crippen LogP contribution >= 0.6 is 0 Å². The van der Waals surface area contributed by atoms with E-state index < -0.39 is 59.5 Å². The lowest BCUT2D eigenvalue weighted by Gasteiger charge is -2.39. The van der Waals surface area contributed by atoms with E-state index in [9.17, 15) is 32.3 Å². The number of halogens is 3. The number of hydrogen-bond acceptors (Lipinski definition) is 6. The Labute approximate surface area is 199 Å². The van der Waals surface area contributed by atoms with Gasteiger partial charge in [0, 0.05) is 5.56 Å². The molecule has 1 unspecified atom stereocenters. The van der Waals surface area contributed by atoms with Crippen molar-refractivity contribution in [1.82, 2.24) is 4.90 Å². The number of nitrogens with zero attached hydrogens (tertiary/aromatic N) is 1. The highest BCUT2D eigenvalue weighted by Crippen LogP contribution is 2.40. The van der Waals surface area contributed by atoms with Crippen LogP contribution in [0.3, 0.4) is 0 Å². The molecule has 0 bridgehead atoms. The summed E-state index contributed by atoms with van der Waals surface area (Å²) in [6, 6.07) is 9.89. The molecule has 7 nitrogen and oxygen atoms in total. The Morgan fingerprint density at radius 2 is 1.66 bits per heavy atom. The molecule has 1 aliphatic heterocycles. The third-order valence-corrected chi connectivity index (χ3v) is 5.43. The molecule has 186 valence electrons. The number of benzene rings is 2. The molecular formula is C25H24F3NO6. The van der Waals surface area contributed by atoms with E-state index >= 15 is 0 Å². The predicted molar refractivity (Wildman–Crippen MR) is 117 cm³/mol. The van der Waals surface area contributed by atoms with E-state index in [0.717, 1.165) is 25.3 Å². The Kier molecular flexibility index (Phi) is 6.79. The van der Waals surface area contributed by atoms with Gasteiger partial charge in [-0.1, -0.05) is 30.3 Å². The molecule has 1 aliphatic rings. The minimum Gasteiger partial charge on any atom is -0.468 e. The highest BCUT2D eigenvalue weighted by molar-refractivity contribution is 6.22. The first-order valence-corrected chi connectivity index (χ1v) is 10.6. The maximum Gasteiger partial charge on any atom is 0.416 e. The van der Waals surface area contributed by atoms with Gasteiger partial charge in [-0.3, -0.25) is 24.1 Å². The Morgan fingerprint density at radius 1 is 1.00 bits per heavy atom. The number of amides is 2. The summed E-state index contributed by atoms with van der Waals surface area (Å²) in [6.45, 7) is 4.27. The average Bonchev–Trinajstić information content (AvgIpc) is 2.77. The molecule has 2 aromatic rings. The van der Waals surface area contributed by atoms with Crippen LogP contribution in [0.25, 0.3) is 0 Å². The zero-order chi connectivity index (χ0) is 26.2. The lowest BCUT2D eigenvalue weighted by Crippen LogP contribution is -2.59. The summed E-state index contributed by atoms with van der Waals surface area (Å²) >= 11 is 0. The largest absolute Gasteiger partial charge is 0.468 e. The van der Waals surface area contributed by atoms with E-state index in [-0.39, 0.29) is 16.7 Å². The van der Waals surface area contributed by atoms with Crippen LogP contribution in [0, 0.1) is 0 Å². The standard InChI is InChI=1S/C25H24F3NO6/c1-23(2,3)35-19(30)13-24(22(33)34-4)18-11-6-5-10-17(18)20(31)29(21(24)32)14-15-8-7-9-16(12-15)25(26,27)28/h5-12H,13-14H2,1-4H3. The van der Waals surface area contributed by atoms with Crippen molar-refractivity contribution in [3.63, 3.8) is 0 Å². The van der Waals surface area contributed by atoms with Gasteiger partial charge in [-0.05, 0) is 50.1 Å². The van der Waals surface area contributed by atoms with Crippen LogP contribution in [0.4, 0.5) is 13.2 Å². The molecule has 0 saturated heterocycles. The fourth-order valence-corrected chi connectivity index (χ4v) is 4.01. The summed E-state index contributed by atoms with van der Waals surface area (Å²) in [4.78, 5) is 53.6. The van der Waals surface area contributed by atoms with E-state index in [1.54, 1.807) is 20.8 Å². The van der Waals surface area contributed by atoms with Gasteiger partial charge in [0.05, 0.1) is 25.6 Å². The maximum atomic E-state index is 13.8. The van der Waals surface area contributed by atoms with Crippen LogP contribution in [0.5, 0.6) is 0 Å². The molecule has 35 heavy (non-hydrogen) atoms. The molecule has 10 heteroatoms. The second-order valence-electron chi connectivity index (χ2n) is 9.10. The zero-order valence-corrected chi connectivity index (χ0v) is 19.6. The van der Waals surface area contributed by atoms with Crippen molar-refractivity contribution < 1.29 is 41.8 Å². The number of alkyl halides is 3. The second kappa shape index (κ2) is 9.16. The van der Waals surface area contributed by atoms with E-state index in [4.69, 9.17) is 9.47 Å². The fraction of sp³-hybridized carbons (Fsp3) is 0.360. The molecule has 0 aliphatic carbocycles. The molecule has 1 atom stereocenters. The molecule has 0 spiro atoms. The molecule has 0 radical (unpaired) electrons. The number of ether oxygens (including phenoxy) is 2. The summed E-state index contributed by atoms with van der Waals surface area (Å²) in [5.74, 6) is -3.88. The van der Waals surface area contributed by atoms with Crippen LogP contribution in [0.1, 0.15) is 54.2 Å². The highest BCUT2D eigenvalue weighted by atomic mass is 19.4. The van der Waals surface area contributed by atoms with E-state index in [0.29, 0.717) is 4.90 Å². The molecule has 0 saturated carbocycles. The first kappa shape index (κ1) is 25.9. The molecule has 3 rings (SSSR count). The summed E-state index contributed by atoms with van der Waals surface area (Å²) in [5, 5.41) is 0. The fourth-order valence-electron chi connectivity index (χ4n) is 4.01. The predicted octanol–water partition coefficient (Wildman–Crippen LogP) is 4.03. The minimum absolute atomic E-state index is 0.0111. The molecule has 0 fully saturated rings. The summed E-state index contributed by atoms with van der Waals surface area (Å²) in [7, 11) is 1.03. The SMILES string of the molecule is COC(=O)C1(CC(=O)OC(C)(C)C)C(=O)N(Cc2cccc(C(F)(F)F)c2)C(=O)c2ccccc21. The van der Waals surface area contributed by atoms with Crippen LogP contribution in [0.2, 0.25) is 0 Å². The van der Waals surface area contributed by atoms with Gasteiger partial charge < -0.3 is 9.47 Å². The van der Waals surface area contributed by atoms with Crippen LogP contribution in [0.15, 0.2) is 48.5 Å². The van der Waals surface area contributed by atoms with Crippen molar-refractivity contribution in [1.29, 1.82) is 0 Å². The number of imide groups is 1. The normalized spacial score (nSPS) is 18.2. The van der Waals surface area contributed by atoms with Gasteiger partial charge in [-0.2, -0.15) is 13.2 Å². The van der Waals surface area contributed by atoms with Crippen molar-refractivity contribution >= 4 is 23.8 Å². The Hall–Kier alpha value is -3.69. The Balaban J connectivity index is 2.14. The van der Waals surface area contributed by atoms with Crippen LogP contribution < -0.4 is 0 Å². The van der Waals surface area contributed by atoms with E-state index in [1.165, 1.54) is 30.3 Å². The van der Waals surface area contributed by atoms with E-state index in [2.05, 4.69) is 0 Å². The van der Waals surface area contributed by atoms with Crippen molar-refractivity contribution in [2.75, 3.05) is 7.11 Å².